The maximum absolute atomic E-state index is 3.51. The van der Waals surface area contributed by atoms with Crippen molar-refractivity contribution in [2.45, 2.75) is 46.0 Å². The Morgan fingerprint density at radius 1 is 1.19 bits per heavy atom. The summed E-state index contributed by atoms with van der Waals surface area (Å²) in [5.41, 5.74) is 4.36. The van der Waals surface area contributed by atoms with Crippen molar-refractivity contribution in [3.05, 3.63) is 29.3 Å². The molecule has 1 unspecified atom stereocenters. The summed E-state index contributed by atoms with van der Waals surface area (Å²) >= 11 is 0. The topological polar surface area (TPSA) is 12.0 Å². The first-order valence-electron chi connectivity index (χ1n) is 6.47. The SMILES string of the molecule is CC(C)c1ccc2c(c1)C(C(C)C)CCN2. The van der Waals surface area contributed by atoms with E-state index in [2.05, 4.69) is 51.2 Å². The van der Waals surface area contributed by atoms with Crippen molar-refractivity contribution in [1.82, 2.24) is 0 Å². The first-order valence-corrected chi connectivity index (χ1v) is 6.47. The molecular formula is C15H23N. The van der Waals surface area contributed by atoms with Crippen molar-refractivity contribution in [2.75, 3.05) is 11.9 Å². The van der Waals surface area contributed by atoms with Crippen molar-refractivity contribution in [2.24, 2.45) is 5.92 Å². The van der Waals surface area contributed by atoms with Gasteiger partial charge in [-0.15, -0.1) is 0 Å². The molecule has 1 aliphatic rings. The van der Waals surface area contributed by atoms with E-state index < -0.39 is 0 Å². The number of fused-ring (bicyclic) bond motifs is 1. The van der Waals surface area contributed by atoms with Crippen LogP contribution in [-0.4, -0.2) is 6.54 Å². The molecule has 16 heavy (non-hydrogen) atoms. The van der Waals surface area contributed by atoms with Gasteiger partial charge in [-0.2, -0.15) is 0 Å². The largest absolute Gasteiger partial charge is 0.385 e. The van der Waals surface area contributed by atoms with E-state index in [4.69, 9.17) is 0 Å². The number of hydrogen-bond acceptors (Lipinski definition) is 1. The van der Waals surface area contributed by atoms with E-state index in [0.717, 1.165) is 18.4 Å². The maximum Gasteiger partial charge on any atom is 0.0375 e. The highest BCUT2D eigenvalue weighted by atomic mass is 14.9. The molecular weight excluding hydrogens is 194 g/mol. The zero-order valence-electron chi connectivity index (χ0n) is 10.9. The molecule has 1 nitrogen and oxygen atoms in total. The summed E-state index contributed by atoms with van der Waals surface area (Å²) in [4.78, 5) is 0. The molecule has 0 amide bonds. The second kappa shape index (κ2) is 4.48. The monoisotopic (exact) mass is 217 g/mol. The Balaban J connectivity index is 2.40. The number of hydrogen-bond donors (Lipinski definition) is 1. The van der Waals surface area contributed by atoms with Crippen molar-refractivity contribution in [1.29, 1.82) is 0 Å². The molecule has 0 saturated carbocycles. The minimum absolute atomic E-state index is 0.625. The highest BCUT2D eigenvalue weighted by Crippen LogP contribution is 2.37. The van der Waals surface area contributed by atoms with Gasteiger partial charge in [-0.3, -0.25) is 0 Å². The van der Waals surface area contributed by atoms with Gasteiger partial charge in [0.25, 0.3) is 0 Å². The summed E-state index contributed by atoms with van der Waals surface area (Å²) in [5.74, 6) is 2.10. The highest BCUT2D eigenvalue weighted by molar-refractivity contribution is 5.56. The van der Waals surface area contributed by atoms with E-state index in [0.29, 0.717) is 5.92 Å². The minimum Gasteiger partial charge on any atom is -0.385 e. The quantitative estimate of drug-likeness (QED) is 0.776. The van der Waals surface area contributed by atoms with Gasteiger partial charge >= 0.3 is 0 Å². The van der Waals surface area contributed by atoms with E-state index in [1.54, 1.807) is 0 Å². The highest BCUT2D eigenvalue weighted by Gasteiger charge is 2.23. The van der Waals surface area contributed by atoms with Crippen LogP contribution in [0.4, 0.5) is 5.69 Å². The second-order valence-corrected chi connectivity index (χ2v) is 5.57. The van der Waals surface area contributed by atoms with Crippen molar-refractivity contribution in [3.63, 3.8) is 0 Å². The standard InChI is InChI=1S/C15H23N/c1-10(2)12-5-6-15-14(9-12)13(11(3)4)7-8-16-15/h5-6,9-11,13,16H,7-8H2,1-4H3. The van der Waals surface area contributed by atoms with Gasteiger partial charge in [0.05, 0.1) is 0 Å². The molecule has 88 valence electrons. The lowest BCUT2D eigenvalue weighted by molar-refractivity contribution is 0.469. The fraction of sp³-hybridized carbons (Fsp3) is 0.600. The molecule has 0 aromatic heterocycles. The summed E-state index contributed by atoms with van der Waals surface area (Å²) in [6.45, 7) is 10.3. The maximum atomic E-state index is 3.51. The Kier molecular flexibility index (Phi) is 3.22. The third kappa shape index (κ3) is 2.09. The Hall–Kier alpha value is -0.980. The molecule has 1 atom stereocenters. The molecule has 0 spiro atoms. The van der Waals surface area contributed by atoms with Gasteiger partial charge in [0.2, 0.25) is 0 Å². The van der Waals surface area contributed by atoms with Crippen molar-refractivity contribution < 1.29 is 0 Å². The lowest BCUT2D eigenvalue weighted by Gasteiger charge is -2.30. The number of rotatable bonds is 2. The van der Waals surface area contributed by atoms with Crippen LogP contribution in [0.15, 0.2) is 18.2 Å². The minimum atomic E-state index is 0.625. The van der Waals surface area contributed by atoms with Gasteiger partial charge in [-0.25, -0.2) is 0 Å². The molecule has 0 saturated heterocycles. The van der Waals surface area contributed by atoms with Gasteiger partial charge in [-0.05, 0) is 41.4 Å². The van der Waals surface area contributed by atoms with Gasteiger partial charge in [-0.1, -0.05) is 39.8 Å². The first-order chi connectivity index (χ1) is 7.59. The molecule has 0 radical (unpaired) electrons. The van der Waals surface area contributed by atoms with Crippen LogP contribution in [0.25, 0.3) is 0 Å². The van der Waals surface area contributed by atoms with Gasteiger partial charge in [0.1, 0.15) is 0 Å². The van der Waals surface area contributed by atoms with Gasteiger partial charge in [0.15, 0.2) is 0 Å². The molecule has 1 aromatic rings. The third-order valence-corrected chi connectivity index (χ3v) is 3.72. The van der Waals surface area contributed by atoms with E-state index in [9.17, 15) is 0 Å². The Morgan fingerprint density at radius 3 is 2.56 bits per heavy atom. The van der Waals surface area contributed by atoms with Crippen LogP contribution < -0.4 is 5.32 Å². The fourth-order valence-corrected chi connectivity index (χ4v) is 2.62. The van der Waals surface area contributed by atoms with E-state index in [-0.39, 0.29) is 0 Å². The fourth-order valence-electron chi connectivity index (χ4n) is 2.62. The molecule has 1 aromatic carbocycles. The Morgan fingerprint density at radius 2 is 1.94 bits per heavy atom. The van der Waals surface area contributed by atoms with Crippen LogP contribution in [0.3, 0.4) is 0 Å². The van der Waals surface area contributed by atoms with Crippen LogP contribution in [0, 0.1) is 5.92 Å². The van der Waals surface area contributed by atoms with Crippen LogP contribution >= 0.6 is 0 Å². The Bertz CT molecular complexity index is 366. The normalized spacial score (nSPS) is 19.8. The van der Waals surface area contributed by atoms with E-state index >= 15 is 0 Å². The molecule has 1 heteroatoms. The zero-order chi connectivity index (χ0) is 11.7. The van der Waals surface area contributed by atoms with Gasteiger partial charge < -0.3 is 5.32 Å². The summed E-state index contributed by atoms with van der Waals surface area (Å²) in [6.07, 6.45) is 1.27. The summed E-state index contributed by atoms with van der Waals surface area (Å²) in [6, 6.07) is 6.94. The van der Waals surface area contributed by atoms with Crippen LogP contribution in [0.5, 0.6) is 0 Å². The number of anilines is 1. The lowest BCUT2D eigenvalue weighted by atomic mass is 9.81. The van der Waals surface area contributed by atoms with Crippen LogP contribution in [0.1, 0.15) is 57.1 Å². The third-order valence-electron chi connectivity index (χ3n) is 3.72. The predicted octanol–water partition coefficient (Wildman–Crippen LogP) is 4.37. The molecule has 2 rings (SSSR count). The smallest absolute Gasteiger partial charge is 0.0375 e. The molecule has 1 heterocycles. The molecule has 0 bridgehead atoms. The predicted molar refractivity (Wildman–Crippen MR) is 71.2 cm³/mol. The molecule has 1 N–H and O–H groups in total. The summed E-state index contributed by atoms with van der Waals surface area (Å²) < 4.78 is 0. The van der Waals surface area contributed by atoms with Crippen molar-refractivity contribution in [3.8, 4) is 0 Å². The summed E-state index contributed by atoms with van der Waals surface area (Å²) in [7, 11) is 0. The average Bonchev–Trinajstić information content (AvgIpc) is 2.27. The first kappa shape index (κ1) is 11.5. The van der Waals surface area contributed by atoms with Gasteiger partial charge in [0, 0.05) is 12.2 Å². The molecule has 1 aliphatic heterocycles. The van der Waals surface area contributed by atoms with E-state index in [1.807, 2.05) is 0 Å². The lowest BCUT2D eigenvalue weighted by Crippen LogP contribution is -2.20. The molecule has 0 fully saturated rings. The van der Waals surface area contributed by atoms with Crippen molar-refractivity contribution >= 4 is 5.69 Å². The second-order valence-electron chi connectivity index (χ2n) is 5.57. The Labute approximate surface area is 99.3 Å². The average molecular weight is 217 g/mol. The van der Waals surface area contributed by atoms with E-state index in [1.165, 1.54) is 23.2 Å². The summed E-state index contributed by atoms with van der Waals surface area (Å²) in [5, 5.41) is 3.51. The number of benzene rings is 1. The zero-order valence-corrected chi connectivity index (χ0v) is 10.9. The molecule has 0 aliphatic carbocycles. The number of nitrogens with one attached hydrogen (secondary N) is 1. The van der Waals surface area contributed by atoms with Crippen LogP contribution in [0.2, 0.25) is 0 Å². The van der Waals surface area contributed by atoms with Crippen LogP contribution in [-0.2, 0) is 0 Å².